The number of aryl methyl sites for hydroxylation is 1. The van der Waals surface area contributed by atoms with Crippen LogP contribution in [-0.2, 0) is 19.6 Å². The molecule has 0 radical (unpaired) electrons. The van der Waals surface area contributed by atoms with E-state index in [2.05, 4.69) is 15.0 Å². The van der Waals surface area contributed by atoms with Gasteiger partial charge in [-0.05, 0) is 47.8 Å². The fourth-order valence-corrected chi connectivity index (χ4v) is 3.30. The minimum Gasteiger partial charge on any atom is -0.471 e. The number of halogens is 2. The Balaban J connectivity index is 1.69. The summed E-state index contributed by atoms with van der Waals surface area (Å²) in [5.74, 6) is -1.74. The third kappa shape index (κ3) is 4.92. The highest BCUT2D eigenvalue weighted by Gasteiger charge is 2.22. The molecule has 1 aromatic carbocycles. The molecule has 3 aromatic rings. The maximum Gasteiger partial charge on any atom is 0.320 e. The number of rotatable bonds is 8. The smallest absolute Gasteiger partial charge is 0.320 e. The van der Waals surface area contributed by atoms with Crippen LogP contribution in [-0.4, -0.2) is 16.3 Å². The monoisotopic (exact) mass is 436 g/mol. The third-order valence-electron chi connectivity index (χ3n) is 4.10. The first-order chi connectivity index (χ1) is 14.4. The molecule has 0 saturated carbocycles. The van der Waals surface area contributed by atoms with Crippen molar-refractivity contribution in [2.75, 3.05) is 5.32 Å². The summed E-state index contributed by atoms with van der Waals surface area (Å²) >= 11 is 0.766. The summed E-state index contributed by atoms with van der Waals surface area (Å²) < 4.78 is 42.5. The molecule has 0 aliphatic rings. The van der Waals surface area contributed by atoms with E-state index >= 15 is 0 Å². The molecular weight excluding hydrogens is 418 g/mol. The van der Waals surface area contributed by atoms with E-state index in [0.717, 1.165) is 23.7 Å². The largest absolute Gasteiger partial charge is 0.471 e. The molecule has 0 atom stereocenters. The summed E-state index contributed by atoms with van der Waals surface area (Å²) in [4.78, 5) is 23.9. The normalized spacial score (nSPS) is 10.6. The van der Waals surface area contributed by atoms with Crippen LogP contribution in [0.2, 0.25) is 0 Å². The molecule has 0 bridgehead atoms. The number of aromatic nitrogens is 1. The molecular formula is C19H18F2N4O4S. The van der Waals surface area contributed by atoms with Gasteiger partial charge in [-0.3, -0.25) is 10.1 Å². The van der Waals surface area contributed by atoms with E-state index in [1.807, 2.05) is 0 Å². The van der Waals surface area contributed by atoms with Crippen molar-refractivity contribution in [2.24, 2.45) is 5.73 Å². The van der Waals surface area contributed by atoms with Crippen LogP contribution in [0.4, 0.5) is 18.6 Å². The lowest BCUT2D eigenvalue weighted by atomic mass is 10.1. The Kier molecular flexibility index (Phi) is 6.62. The fraction of sp³-hybridized carbons (Fsp3) is 0.211. The van der Waals surface area contributed by atoms with Crippen molar-refractivity contribution in [2.45, 2.75) is 26.5 Å². The van der Waals surface area contributed by atoms with Gasteiger partial charge in [0, 0.05) is 5.56 Å². The number of nitrogens with zero attached hydrogens (tertiary/aromatic N) is 1. The number of nitrogens with one attached hydrogen (secondary N) is 2. The maximum atomic E-state index is 14.1. The molecule has 0 spiro atoms. The minimum atomic E-state index is -0.895. The summed E-state index contributed by atoms with van der Waals surface area (Å²) in [6, 6.07) is 4.87. The van der Waals surface area contributed by atoms with Crippen molar-refractivity contribution in [3.63, 3.8) is 0 Å². The van der Waals surface area contributed by atoms with Gasteiger partial charge in [-0.25, -0.2) is 13.6 Å². The molecule has 158 valence electrons. The predicted octanol–water partition coefficient (Wildman–Crippen LogP) is 3.58. The highest BCUT2D eigenvalue weighted by molar-refractivity contribution is 7.11. The number of nitrogens with two attached hydrogens (primary N) is 1. The summed E-state index contributed by atoms with van der Waals surface area (Å²) in [5.41, 5.74) is 5.41. The molecule has 0 saturated heterocycles. The average Bonchev–Trinajstić information content (AvgIpc) is 3.36. The van der Waals surface area contributed by atoms with E-state index in [4.69, 9.17) is 14.9 Å². The van der Waals surface area contributed by atoms with Crippen molar-refractivity contribution in [3.8, 4) is 5.88 Å². The second kappa shape index (κ2) is 9.35. The number of anilines is 1. The standard InChI is InChI=1S/C19H18F2N4O4S/c1-2-10-6-14(21)11(7-13(10)20)9-29-17-15(16(22)26)18(30-25-17)24-19(27)23-8-12-4-3-5-28-12/h3-7H,2,8-9H2,1H3,(H2,22,26)(H2,23,24,27). The highest BCUT2D eigenvalue weighted by atomic mass is 32.1. The van der Waals surface area contributed by atoms with Gasteiger partial charge in [0.15, 0.2) is 0 Å². The Morgan fingerprint density at radius 1 is 1.27 bits per heavy atom. The highest BCUT2D eigenvalue weighted by Crippen LogP contribution is 2.31. The van der Waals surface area contributed by atoms with Gasteiger partial charge >= 0.3 is 6.03 Å². The molecule has 0 aliphatic carbocycles. The summed E-state index contributed by atoms with van der Waals surface area (Å²) in [6.45, 7) is 1.47. The van der Waals surface area contributed by atoms with Crippen LogP contribution in [0.1, 0.15) is 34.2 Å². The topological polar surface area (TPSA) is 119 Å². The van der Waals surface area contributed by atoms with E-state index < -0.39 is 23.6 Å². The molecule has 4 N–H and O–H groups in total. The van der Waals surface area contributed by atoms with Gasteiger partial charge in [-0.15, -0.1) is 0 Å². The number of amides is 3. The van der Waals surface area contributed by atoms with Crippen molar-refractivity contribution in [3.05, 3.63) is 64.6 Å². The van der Waals surface area contributed by atoms with Gasteiger partial charge in [0.25, 0.3) is 5.91 Å². The summed E-state index contributed by atoms with van der Waals surface area (Å²) in [6.07, 6.45) is 1.82. The molecule has 11 heteroatoms. The number of carbonyl (C=O) groups is 2. The van der Waals surface area contributed by atoms with Gasteiger partial charge in [0.1, 0.15) is 34.6 Å². The fourth-order valence-electron chi connectivity index (χ4n) is 2.56. The van der Waals surface area contributed by atoms with E-state index in [9.17, 15) is 18.4 Å². The van der Waals surface area contributed by atoms with E-state index in [-0.39, 0.29) is 40.7 Å². The molecule has 2 aromatic heterocycles. The molecule has 3 amide bonds. The molecule has 0 aliphatic heterocycles. The van der Waals surface area contributed by atoms with Gasteiger partial charge in [0.2, 0.25) is 5.88 Å². The van der Waals surface area contributed by atoms with Gasteiger partial charge in [-0.1, -0.05) is 6.92 Å². The SMILES string of the molecule is CCc1cc(F)c(COc2nsc(NC(=O)NCc3ccco3)c2C(N)=O)cc1F. The van der Waals surface area contributed by atoms with Crippen LogP contribution in [0.5, 0.6) is 5.88 Å². The van der Waals surface area contributed by atoms with E-state index in [1.54, 1.807) is 19.1 Å². The second-order valence-electron chi connectivity index (χ2n) is 6.12. The average molecular weight is 436 g/mol. The van der Waals surface area contributed by atoms with Crippen LogP contribution >= 0.6 is 11.5 Å². The van der Waals surface area contributed by atoms with Crippen LogP contribution in [0, 0.1) is 11.6 Å². The molecule has 3 rings (SSSR count). The Bertz CT molecular complexity index is 1050. The lowest BCUT2D eigenvalue weighted by molar-refractivity contribution is 0.0996. The first-order valence-corrected chi connectivity index (χ1v) is 9.62. The van der Waals surface area contributed by atoms with Crippen LogP contribution < -0.4 is 21.1 Å². The van der Waals surface area contributed by atoms with E-state index in [0.29, 0.717) is 12.2 Å². The van der Waals surface area contributed by atoms with Crippen molar-refractivity contribution in [1.29, 1.82) is 0 Å². The number of furan rings is 1. The van der Waals surface area contributed by atoms with Crippen LogP contribution in [0.15, 0.2) is 34.9 Å². The molecule has 0 fully saturated rings. The number of carbonyl (C=O) groups excluding carboxylic acids is 2. The Hall–Kier alpha value is -3.47. The first kappa shape index (κ1) is 21.2. The van der Waals surface area contributed by atoms with Crippen LogP contribution in [0.25, 0.3) is 0 Å². The zero-order chi connectivity index (χ0) is 21.7. The van der Waals surface area contributed by atoms with Gasteiger partial charge in [0.05, 0.1) is 12.8 Å². The lowest BCUT2D eigenvalue weighted by Crippen LogP contribution is -2.28. The summed E-state index contributed by atoms with van der Waals surface area (Å²) in [7, 11) is 0. The minimum absolute atomic E-state index is 0.0428. The predicted molar refractivity (Wildman–Crippen MR) is 105 cm³/mol. The van der Waals surface area contributed by atoms with Crippen molar-refractivity contribution < 1.29 is 27.5 Å². The molecule has 8 nitrogen and oxygen atoms in total. The number of ether oxygens (including phenoxy) is 1. The Labute approximate surface area is 174 Å². The Morgan fingerprint density at radius 2 is 2.00 bits per heavy atom. The number of hydrogen-bond donors (Lipinski definition) is 3. The quantitative estimate of drug-likeness (QED) is 0.499. The zero-order valence-corrected chi connectivity index (χ0v) is 16.6. The second-order valence-corrected chi connectivity index (χ2v) is 6.89. The van der Waals surface area contributed by atoms with Crippen molar-refractivity contribution in [1.82, 2.24) is 9.69 Å². The number of benzene rings is 1. The van der Waals surface area contributed by atoms with Gasteiger partial charge < -0.3 is 20.2 Å². The molecule has 0 unspecified atom stereocenters. The number of hydrogen-bond acceptors (Lipinski definition) is 6. The molecule has 2 heterocycles. The van der Waals surface area contributed by atoms with Crippen LogP contribution in [0.3, 0.4) is 0 Å². The lowest BCUT2D eigenvalue weighted by Gasteiger charge is -2.09. The Morgan fingerprint density at radius 3 is 2.67 bits per heavy atom. The number of primary amides is 1. The maximum absolute atomic E-state index is 14.1. The van der Waals surface area contributed by atoms with E-state index in [1.165, 1.54) is 6.26 Å². The zero-order valence-electron chi connectivity index (χ0n) is 15.8. The molecule has 30 heavy (non-hydrogen) atoms. The van der Waals surface area contributed by atoms with Crippen molar-refractivity contribution >= 4 is 28.5 Å². The number of urea groups is 1. The first-order valence-electron chi connectivity index (χ1n) is 8.85. The van der Waals surface area contributed by atoms with Gasteiger partial charge in [-0.2, -0.15) is 4.37 Å². The summed E-state index contributed by atoms with van der Waals surface area (Å²) in [5, 5.41) is 5.06. The third-order valence-corrected chi connectivity index (χ3v) is 4.84.